The van der Waals surface area contributed by atoms with Crippen molar-refractivity contribution in [1.82, 2.24) is 0 Å². The summed E-state index contributed by atoms with van der Waals surface area (Å²) in [6.07, 6.45) is 1.45. The molecule has 4 heteroatoms. The van der Waals surface area contributed by atoms with Crippen LogP contribution in [0.5, 0.6) is 0 Å². The van der Waals surface area contributed by atoms with E-state index in [-0.39, 0.29) is 23.7 Å². The lowest BCUT2D eigenvalue weighted by molar-refractivity contribution is -0.122. The van der Waals surface area contributed by atoms with Gasteiger partial charge in [0.05, 0.1) is 17.5 Å². The van der Waals surface area contributed by atoms with Gasteiger partial charge >= 0.3 is 0 Å². The van der Waals surface area contributed by atoms with Gasteiger partial charge in [-0.3, -0.25) is 9.59 Å². The Morgan fingerprint density at radius 1 is 1.00 bits per heavy atom. The highest BCUT2D eigenvalue weighted by molar-refractivity contribution is 14.1. The molecular formula is C16H16INO2. The van der Waals surface area contributed by atoms with Gasteiger partial charge in [-0.15, -0.1) is 0 Å². The quantitative estimate of drug-likeness (QED) is 0.424. The number of imide groups is 1. The lowest BCUT2D eigenvalue weighted by Gasteiger charge is -2.23. The minimum Gasteiger partial charge on any atom is -0.274 e. The molecule has 2 atom stereocenters. The summed E-state index contributed by atoms with van der Waals surface area (Å²) in [5.41, 5.74) is 3.25. The number of benzene rings is 1. The van der Waals surface area contributed by atoms with Crippen LogP contribution in [-0.4, -0.2) is 11.8 Å². The standard InChI is InChI=1S/C16H16INO2/c1-9-7-11-12(8-10(9)2)16(20)18(15(11)19)14-6-4-3-5-13(14)17/h3-6,11-12H,7-8H2,1-2H3/t11-,12+. The monoisotopic (exact) mass is 381 g/mol. The molecule has 1 aromatic carbocycles. The third kappa shape index (κ3) is 2.01. The Labute approximate surface area is 132 Å². The zero-order chi connectivity index (χ0) is 14.4. The zero-order valence-electron chi connectivity index (χ0n) is 11.5. The van der Waals surface area contributed by atoms with Crippen LogP contribution in [0.15, 0.2) is 35.4 Å². The highest BCUT2D eigenvalue weighted by Crippen LogP contribution is 2.42. The molecule has 0 spiro atoms. The first-order chi connectivity index (χ1) is 9.50. The summed E-state index contributed by atoms with van der Waals surface area (Å²) in [7, 11) is 0. The van der Waals surface area contributed by atoms with Crippen molar-refractivity contribution in [3.05, 3.63) is 39.0 Å². The van der Waals surface area contributed by atoms with Crippen molar-refractivity contribution in [1.29, 1.82) is 0 Å². The van der Waals surface area contributed by atoms with Crippen molar-refractivity contribution in [3.8, 4) is 0 Å². The van der Waals surface area contributed by atoms with Gasteiger partial charge in [-0.2, -0.15) is 0 Å². The normalized spacial score (nSPS) is 26.2. The number of rotatable bonds is 1. The number of carbonyl (C=O) groups is 2. The molecular weight excluding hydrogens is 365 g/mol. The largest absolute Gasteiger partial charge is 0.274 e. The van der Waals surface area contributed by atoms with Crippen LogP contribution in [0, 0.1) is 15.4 Å². The summed E-state index contributed by atoms with van der Waals surface area (Å²) in [6, 6.07) is 7.56. The van der Waals surface area contributed by atoms with Crippen LogP contribution in [0.4, 0.5) is 5.69 Å². The van der Waals surface area contributed by atoms with Crippen molar-refractivity contribution < 1.29 is 9.59 Å². The van der Waals surface area contributed by atoms with Gasteiger partial charge in [-0.1, -0.05) is 23.3 Å². The van der Waals surface area contributed by atoms with Gasteiger partial charge in [0.1, 0.15) is 0 Å². The maximum absolute atomic E-state index is 12.6. The van der Waals surface area contributed by atoms with E-state index in [4.69, 9.17) is 0 Å². The van der Waals surface area contributed by atoms with E-state index in [0.29, 0.717) is 0 Å². The van der Waals surface area contributed by atoms with Crippen molar-refractivity contribution >= 4 is 40.1 Å². The van der Waals surface area contributed by atoms with Crippen LogP contribution in [0.25, 0.3) is 0 Å². The molecule has 0 aromatic heterocycles. The topological polar surface area (TPSA) is 37.4 Å². The average molecular weight is 381 g/mol. The summed E-state index contributed by atoms with van der Waals surface area (Å²) >= 11 is 2.18. The summed E-state index contributed by atoms with van der Waals surface area (Å²) in [6.45, 7) is 4.14. The molecule has 0 unspecified atom stereocenters. The SMILES string of the molecule is CC1=C(C)C[C@H]2C(=O)N(c3ccccc3I)C(=O)[C@H]2C1. The molecule has 3 rings (SSSR count). The number of nitrogens with zero attached hydrogens (tertiary/aromatic N) is 1. The van der Waals surface area contributed by atoms with Crippen LogP contribution in [-0.2, 0) is 9.59 Å². The van der Waals surface area contributed by atoms with Gasteiger partial charge in [-0.25, -0.2) is 4.90 Å². The van der Waals surface area contributed by atoms with Crippen LogP contribution in [0.3, 0.4) is 0 Å². The number of amides is 2. The molecule has 0 N–H and O–H groups in total. The Hall–Kier alpha value is -1.17. The lowest BCUT2D eigenvalue weighted by atomic mass is 9.78. The summed E-state index contributed by atoms with van der Waals surface area (Å²) in [5, 5.41) is 0. The fourth-order valence-corrected chi connectivity index (χ4v) is 3.75. The van der Waals surface area contributed by atoms with E-state index in [2.05, 4.69) is 36.4 Å². The van der Waals surface area contributed by atoms with E-state index < -0.39 is 0 Å². The van der Waals surface area contributed by atoms with Gasteiger partial charge in [0, 0.05) is 3.57 Å². The second-order valence-corrected chi connectivity index (χ2v) is 6.81. The fourth-order valence-electron chi connectivity index (χ4n) is 3.12. The first-order valence-corrected chi connectivity index (χ1v) is 7.86. The zero-order valence-corrected chi connectivity index (χ0v) is 13.7. The van der Waals surface area contributed by atoms with E-state index in [1.165, 1.54) is 16.0 Å². The van der Waals surface area contributed by atoms with E-state index >= 15 is 0 Å². The van der Waals surface area contributed by atoms with E-state index in [1.54, 1.807) is 0 Å². The maximum atomic E-state index is 12.6. The van der Waals surface area contributed by atoms with Gasteiger partial charge in [0.15, 0.2) is 0 Å². The number of para-hydroxylation sites is 1. The van der Waals surface area contributed by atoms with Crippen LogP contribution in [0.2, 0.25) is 0 Å². The molecule has 0 bridgehead atoms. The van der Waals surface area contributed by atoms with E-state index in [1.807, 2.05) is 24.3 Å². The Kier molecular flexibility index (Phi) is 3.44. The van der Waals surface area contributed by atoms with Crippen LogP contribution >= 0.6 is 22.6 Å². The van der Waals surface area contributed by atoms with Crippen molar-refractivity contribution in [3.63, 3.8) is 0 Å². The van der Waals surface area contributed by atoms with E-state index in [0.717, 1.165) is 22.1 Å². The molecule has 3 nitrogen and oxygen atoms in total. The molecule has 2 amide bonds. The molecule has 1 fully saturated rings. The number of carbonyl (C=O) groups excluding carboxylic acids is 2. The lowest BCUT2D eigenvalue weighted by Crippen LogP contribution is -2.31. The Balaban J connectivity index is 2.00. The summed E-state index contributed by atoms with van der Waals surface area (Å²) < 4.78 is 0.937. The van der Waals surface area contributed by atoms with Gasteiger partial charge < -0.3 is 0 Å². The number of anilines is 1. The van der Waals surface area contributed by atoms with Gasteiger partial charge in [0.25, 0.3) is 0 Å². The third-order valence-corrected chi connectivity index (χ3v) is 5.35. The molecule has 0 radical (unpaired) electrons. The minimum absolute atomic E-state index is 0.0315. The molecule has 1 aromatic rings. The minimum atomic E-state index is -0.165. The van der Waals surface area contributed by atoms with E-state index in [9.17, 15) is 9.59 Å². The first-order valence-electron chi connectivity index (χ1n) is 6.78. The fraction of sp³-hybridized carbons (Fsp3) is 0.375. The van der Waals surface area contributed by atoms with Gasteiger partial charge in [0.2, 0.25) is 11.8 Å². The number of hydrogen-bond donors (Lipinski definition) is 0. The predicted octanol–water partition coefficient (Wildman–Crippen LogP) is 3.53. The molecule has 0 saturated carbocycles. The maximum Gasteiger partial charge on any atom is 0.238 e. The third-order valence-electron chi connectivity index (χ3n) is 4.43. The molecule has 104 valence electrons. The van der Waals surface area contributed by atoms with Crippen LogP contribution in [0.1, 0.15) is 26.7 Å². The molecule has 1 aliphatic heterocycles. The Bertz CT molecular complexity index is 603. The Morgan fingerprint density at radius 2 is 1.50 bits per heavy atom. The average Bonchev–Trinajstić information content (AvgIpc) is 2.64. The van der Waals surface area contributed by atoms with Gasteiger partial charge in [-0.05, 0) is 61.4 Å². The van der Waals surface area contributed by atoms with Crippen molar-refractivity contribution in [2.75, 3.05) is 4.90 Å². The smallest absolute Gasteiger partial charge is 0.238 e. The summed E-state index contributed by atoms with van der Waals surface area (Å²) in [4.78, 5) is 26.7. The highest BCUT2D eigenvalue weighted by Gasteiger charge is 2.49. The number of allylic oxidation sites excluding steroid dienone is 2. The summed E-state index contributed by atoms with van der Waals surface area (Å²) in [5.74, 6) is -0.392. The highest BCUT2D eigenvalue weighted by atomic mass is 127. The molecule has 1 heterocycles. The second kappa shape index (κ2) is 4.98. The molecule has 2 aliphatic rings. The number of halogens is 1. The van der Waals surface area contributed by atoms with Crippen molar-refractivity contribution in [2.45, 2.75) is 26.7 Å². The first kappa shape index (κ1) is 13.8. The molecule has 1 aliphatic carbocycles. The van der Waals surface area contributed by atoms with Crippen molar-refractivity contribution in [2.24, 2.45) is 11.8 Å². The molecule has 1 saturated heterocycles. The second-order valence-electron chi connectivity index (χ2n) is 5.65. The van der Waals surface area contributed by atoms with Crippen LogP contribution < -0.4 is 4.90 Å². The molecule has 20 heavy (non-hydrogen) atoms. The Morgan fingerprint density at radius 3 is 2.00 bits per heavy atom. The predicted molar refractivity (Wildman–Crippen MR) is 86.2 cm³/mol. The number of fused-ring (bicyclic) bond motifs is 1. The number of hydrogen-bond acceptors (Lipinski definition) is 2.